The Morgan fingerprint density at radius 3 is 2.52 bits per heavy atom. The van der Waals surface area contributed by atoms with E-state index in [2.05, 4.69) is 26.3 Å². The van der Waals surface area contributed by atoms with Gasteiger partial charge in [0.1, 0.15) is 16.5 Å². The van der Waals surface area contributed by atoms with E-state index in [-0.39, 0.29) is 22.4 Å². The predicted octanol–water partition coefficient (Wildman–Crippen LogP) is 5.30. The van der Waals surface area contributed by atoms with Crippen LogP contribution in [0.2, 0.25) is 5.15 Å². The van der Waals surface area contributed by atoms with Gasteiger partial charge in [-0.05, 0) is 61.9 Å². The van der Waals surface area contributed by atoms with Crippen LogP contribution >= 0.6 is 27.5 Å². The van der Waals surface area contributed by atoms with Crippen LogP contribution in [0.5, 0.6) is 0 Å². The second-order valence-electron chi connectivity index (χ2n) is 5.56. The van der Waals surface area contributed by atoms with Crippen molar-refractivity contribution in [2.75, 3.05) is 5.32 Å². The zero-order chi connectivity index (χ0) is 18.1. The maximum atomic E-state index is 13.1. The lowest BCUT2D eigenvalue weighted by molar-refractivity contribution is 0.102. The highest BCUT2D eigenvalue weighted by atomic mass is 79.9. The molecule has 1 N–H and O–H groups in total. The largest absolute Gasteiger partial charge is 0.322 e. The fraction of sp³-hybridized carbons (Fsp3) is 0.111. The lowest BCUT2D eigenvalue weighted by Gasteiger charge is -2.07. The highest BCUT2D eigenvalue weighted by Gasteiger charge is 2.21. The minimum Gasteiger partial charge on any atom is -0.322 e. The van der Waals surface area contributed by atoms with Gasteiger partial charge in [0, 0.05) is 10.2 Å². The number of hydrogen-bond donors (Lipinski definition) is 1. The average Bonchev–Trinajstić information content (AvgIpc) is 2.86. The molecule has 128 valence electrons. The summed E-state index contributed by atoms with van der Waals surface area (Å²) >= 11 is 9.78. The fourth-order valence-electron chi connectivity index (χ4n) is 2.43. The van der Waals surface area contributed by atoms with Crippen LogP contribution in [0, 0.1) is 19.7 Å². The highest BCUT2D eigenvalue weighted by molar-refractivity contribution is 9.10. The summed E-state index contributed by atoms with van der Waals surface area (Å²) in [6.07, 6.45) is 0. The summed E-state index contributed by atoms with van der Waals surface area (Å²) in [5, 5.41) is 7.30. The fourth-order valence-corrected chi connectivity index (χ4v) is 3.03. The Balaban J connectivity index is 1.93. The molecule has 1 heterocycles. The molecule has 4 nitrogen and oxygen atoms in total. The van der Waals surface area contributed by atoms with Gasteiger partial charge in [0.2, 0.25) is 0 Å². The summed E-state index contributed by atoms with van der Waals surface area (Å²) in [5.41, 5.74) is 3.01. The third kappa shape index (κ3) is 3.60. The molecule has 0 saturated carbocycles. The molecule has 1 amide bonds. The van der Waals surface area contributed by atoms with Gasteiger partial charge in [-0.2, -0.15) is 5.10 Å². The molecule has 2 aromatic carbocycles. The number of benzene rings is 2. The molecule has 7 heteroatoms. The molecule has 1 aromatic heterocycles. The molecular weight excluding hydrogens is 409 g/mol. The molecule has 0 saturated heterocycles. The standard InChI is InChI=1S/C18H14BrClFN3O/c1-10-9-13(5-8-15(10)19)22-18(25)16-11(2)23-24(17(16)20)14-6-3-12(21)4-7-14/h3-9H,1-2H3,(H,22,25). The zero-order valence-electron chi connectivity index (χ0n) is 13.5. The summed E-state index contributed by atoms with van der Waals surface area (Å²) in [6, 6.07) is 11.2. The quantitative estimate of drug-likeness (QED) is 0.623. The van der Waals surface area contributed by atoms with Crippen molar-refractivity contribution in [3.8, 4) is 5.69 Å². The summed E-state index contributed by atoms with van der Waals surface area (Å²) < 4.78 is 15.5. The number of rotatable bonds is 3. The first-order valence-corrected chi connectivity index (χ1v) is 8.62. The normalized spacial score (nSPS) is 10.8. The van der Waals surface area contributed by atoms with Gasteiger partial charge in [0.15, 0.2) is 0 Å². The van der Waals surface area contributed by atoms with E-state index in [4.69, 9.17) is 11.6 Å². The van der Waals surface area contributed by atoms with Gasteiger partial charge >= 0.3 is 0 Å². The van der Waals surface area contributed by atoms with Crippen LogP contribution in [-0.2, 0) is 0 Å². The lowest BCUT2D eigenvalue weighted by Crippen LogP contribution is -2.13. The first-order valence-electron chi connectivity index (χ1n) is 7.45. The van der Waals surface area contributed by atoms with E-state index in [1.165, 1.54) is 16.8 Å². The van der Waals surface area contributed by atoms with E-state index < -0.39 is 0 Å². The Bertz CT molecular complexity index is 954. The smallest absolute Gasteiger partial charge is 0.260 e. The Hall–Kier alpha value is -2.18. The lowest BCUT2D eigenvalue weighted by atomic mass is 10.2. The van der Waals surface area contributed by atoms with Crippen molar-refractivity contribution in [1.82, 2.24) is 9.78 Å². The average molecular weight is 423 g/mol. The molecule has 0 aliphatic carbocycles. The predicted molar refractivity (Wildman–Crippen MR) is 100 cm³/mol. The molecule has 0 fully saturated rings. The second-order valence-corrected chi connectivity index (χ2v) is 6.77. The van der Waals surface area contributed by atoms with E-state index in [1.54, 1.807) is 25.1 Å². The summed E-state index contributed by atoms with van der Waals surface area (Å²) in [6.45, 7) is 3.64. The number of hydrogen-bond acceptors (Lipinski definition) is 2. The number of halogens is 3. The number of carbonyl (C=O) groups is 1. The van der Waals surface area contributed by atoms with Crippen LogP contribution in [0.25, 0.3) is 5.69 Å². The van der Waals surface area contributed by atoms with Gasteiger partial charge < -0.3 is 5.32 Å². The number of anilines is 1. The van der Waals surface area contributed by atoms with E-state index in [1.807, 2.05) is 19.1 Å². The van der Waals surface area contributed by atoms with Gasteiger partial charge in [-0.25, -0.2) is 9.07 Å². The van der Waals surface area contributed by atoms with Gasteiger partial charge in [-0.3, -0.25) is 4.79 Å². The van der Waals surface area contributed by atoms with Crippen molar-refractivity contribution >= 4 is 39.1 Å². The van der Waals surface area contributed by atoms with Crippen molar-refractivity contribution in [2.24, 2.45) is 0 Å². The summed E-state index contributed by atoms with van der Waals surface area (Å²) in [4.78, 5) is 12.6. The van der Waals surface area contributed by atoms with E-state index in [0.29, 0.717) is 17.1 Å². The number of nitrogens with one attached hydrogen (secondary N) is 1. The number of carbonyl (C=O) groups excluding carboxylic acids is 1. The van der Waals surface area contributed by atoms with E-state index in [0.717, 1.165) is 10.0 Å². The van der Waals surface area contributed by atoms with Gasteiger partial charge in [-0.15, -0.1) is 0 Å². The molecule has 0 aliphatic rings. The van der Waals surface area contributed by atoms with Crippen molar-refractivity contribution in [1.29, 1.82) is 0 Å². The van der Waals surface area contributed by atoms with Crippen LogP contribution < -0.4 is 5.32 Å². The Kier molecular flexibility index (Phi) is 4.92. The molecule has 0 aliphatic heterocycles. The van der Waals surface area contributed by atoms with E-state index >= 15 is 0 Å². The van der Waals surface area contributed by atoms with Crippen LogP contribution in [0.3, 0.4) is 0 Å². The molecular formula is C18H14BrClFN3O. The molecule has 0 atom stereocenters. The SMILES string of the molecule is Cc1cc(NC(=O)c2c(C)nn(-c3ccc(F)cc3)c2Cl)ccc1Br. The molecule has 0 radical (unpaired) electrons. The minimum absolute atomic E-state index is 0.176. The number of aryl methyl sites for hydroxylation is 2. The second kappa shape index (κ2) is 6.98. The molecule has 25 heavy (non-hydrogen) atoms. The Morgan fingerprint density at radius 2 is 1.88 bits per heavy atom. The Morgan fingerprint density at radius 1 is 1.20 bits per heavy atom. The number of nitrogens with zero attached hydrogens (tertiary/aromatic N) is 2. The van der Waals surface area contributed by atoms with Crippen LogP contribution in [0.4, 0.5) is 10.1 Å². The monoisotopic (exact) mass is 421 g/mol. The van der Waals surface area contributed by atoms with Crippen LogP contribution in [0.1, 0.15) is 21.6 Å². The number of aromatic nitrogens is 2. The maximum absolute atomic E-state index is 13.1. The maximum Gasteiger partial charge on any atom is 0.260 e. The highest BCUT2D eigenvalue weighted by Crippen LogP contribution is 2.26. The third-order valence-electron chi connectivity index (χ3n) is 3.72. The Labute approximate surface area is 157 Å². The molecule has 0 bridgehead atoms. The summed E-state index contributed by atoms with van der Waals surface area (Å²) in [5.74, 6) is -0.704. The van der Waals surface area contributed by atoms with Crippen molar-refractivity contribution in [2.45, 2.75) is 13.8 Å². The van der Waals surface area contributed by atoms with Crippen LogP contribution in [-0.4, -0.2) is 15.7 Å². The minimum atomic E-state index is -0.354. The molecule has 0 unspecified atom stereocenters. The van der Waals surface area contributed by atoms with Crippen molar-refractivity contribution < 1.29 is 9.18 Å². The van der Waals surface area contributed by atoms with Gasteiger partial charge in [0.05, 0.1) is 11.4 Å². The zero-order valence-corrected chi connectivity index (χ0v) is 15.8. The van der Waals surface area contributed by atoms with Crippen molar-refractivity contribution in [3.05, 3.63) is 74.7 Å². The van der Waals surface area contributed by atoms with Gasteiger partial charge in [0.25, 0.3) is 5.91 Å². The van der Waals surface area contributed by atoms with Gasteiger partial charge in [-0.1, -0.05) is 27.5 Å². The number of amides is 1. The van der Waals surface area contributed by atoms with Crippen molar-refractivity contribution in [3.63, 3.8) is 0 Å². The van der Waals surface area contributed by atoms with Crippen LogP contribution in [0.15, 0.2) is 46.9 Å². The first kappa shape index (κ1) is 17.6. The molecule has 3 aromatic rings. The van der Waals surface area contributed by atoms with E-state index in [9.17, 15) is 9.18 Å². The molecule has 0 spiro atoms. The topological polar surface area (TPSA) is 46.9 Å². The summed E-state index contributed by atoms with van der Waals surface area (Å²) in [7, 11) is 0. The first-order chi connectivity index (χ1) is 11.9. The molecule has 3 rings (SSSR count). The third-order valence-corrected chi connectivity index (χ3v) is 4.96.